The predicted molar refractivity (Wildman–Crippen MR) is 74.3 cm³/mol. The number of hydrogen-bond donors (Lipinski definition) is 4. The predicted octanol–water partition coefficient (Wildman–Crippen LogP) is 0.539. The molecule has 4 nitrogen and oxygen atoms in total. The molecule has 0 saturated heterocycles. The molecule has 0 aliphatic heterocycles. The van der Waals surface area contributed by atoms with E-state index in [-0.39, 0.29) is 23.4 Å². The third-order valence-electron chi connectivity index (χ3n) is 5.26. The Morgan fingerprint density at radius 3 is 2.68 bits per heavy atom. The van der Waals surface area contributed by atoms with Gasteiger partial charge >= 0.3 is 7.12 Å². The van der Waals surface area contributed by atoms with E-state index >= 15 is 0 Å². The summed E-state index contributed by atoms with van der Waals surface area (Å²) in [4.78, 5) is 0. The van der Waals surface area contributed by atoms with Gasteiger partial charge in [0.25, 0.3) is 0 Å². The molecule has 19 heavy (non-hydrogen) atoms. The van der Waals surface area contributed by atoms with Crippen LogP contribution in [0.25, 0.3) is 0 Å². The van der Waals surface area contributed by atoms with Crippen molar-refractivity contribution in [1.29, 1.82) is 0 Å². The van der Waals surface area contributed by atoms with Gasteiger partial charge in [0, 0.05) is 11.6 Å². The number of alkyl halides is 1. The van der Waals surface area contributed by atoms with E-state index in [4.69, 9.17) is 15.8 Å². The fourth-order valence-corrected chi connectivity index (χ4v) is 4.35. The minimum Gasteiger partial charge on any atom is -0.427 e. The van der Waals surface area contributed by atoms with E-state index in [1.807, 2.05) is 14.0 Å². The lowest BCUT2D eigenvalue weighted by molar-refractivity contribution is 0.212. The number of nitrogens with one attached hydrogen (secondary N) is 1. The second kappa shape index (κ2) is 5.68. The molecule has 0 heterocycles. The van der Waals surface area contributed by atoms with Crippen molar-refractivity contribution >= 4 is 7.12 Å². The molecule has 0 radical (unpaired) electrons. The summed E-state index contributed by atoms with van der Waals surface area (Å²) >= 11 is 0. The molecule has 6 heteroatoms. The quantitative estimate of drug-likeness (QED) is 0.551. The van der Waals surface area contributed by atoms with Crippen LogP contribution in [0.5, 0.6) is 0 Å². The summed E-state index contributed by atoms with van der Waals surface area (Å²) in [5, 5.41) is 20.9. The fourth-order valence-electron chi connectivity index (χ4n) is 4.35. The molecule has 2 fully saturated rings. The maximum atomic E-state index is 14.3. The van der Waals surface area contributed by atoms with Gasteiger partial charge in [-0.05, 0) is 57.3 Å². The van der Waals surface area contributed by atoms with E-state index in [9.17, 15) is 4.39 Å². The van der Waals surface area contributed by atoms with E-state index in [0.29, 0.717) is 12.2 Å². The van der Waals surface area contributed by atoms with Crippen LogP contribution in [0.3, 0.4) is 0 Å². The van der Waals surface area contributed by atoms with Gasteiger partial charge in [0.05, 0.1) is 0 Å². The summed E-state index contributed by atoms with van der Waals surface area (Å²) < 4.78 is 14.3. The molecule has 2 rings (SSSR count). The van der Waals surface area contributed by atoms with Gasteiger partial charge in [-0.2, -0.15) is 0 Å². The normalized spacial score (nSPS) is 45.5. The lowest BCUT2D eigenvalue weighted by Crippen LogP contribution is -2.43. The molecule has 2 saturated carbocycles. The largest absolute Gasteiger partial charge is 0.451 e. The highest BCUT2D eigenvalue weighted by Gasteiger charge is 2.56. The van der Waals surface area contributed by atoms with Gasteiger partial charge in [0.15, 0.2) is 0 Å². The van der Waals surface area contributed by atoms with E-state index in [1.165, 1.54) is 0 Å². The molecular formula is C13H26BFN2O2. The Morgan fingerprint density at radius 1 is 1.42 bits per heavy atom. The Labute approximate surface area is 115 Å². The molecule has 5 N–H and O–H groups in total. The summed E-state index contributed by atoms with van der Waals surface area (Å²) in [6.07, 6.45) is 2.75. The van der Waals surface area contributed by atoms with Gasteiger partial charge in [-0.3, -0.25) is 0 Å². The van der Waals surface area contributed by atoms with Crippen LogP contribution in [0.1, 0.15) is 32.6 Å². The van der Waals surface area contributed by atoms with Crippen LogP contribution in [-0.4, -0.2) is 42.0 Å². The SMILES string of the molecule is CN[C@H]1C[C@@H]2[C@@H](C[C@](C)(N)[C@H]2CCCB(O)O)[C@@H]1F. The third-order valence-corrected chi connectivity index (χ3v) is 5.26. The van der Waals surface area contributed by atoms with E-state index in [1.54, 1.807) is 0 Å². The molecule has 110 valence electrons. The Kier molecular flexibility index (Phi) is 4.55. The summed E-state index contributed by atoms with van der Waals surface area (Å²) in [5.74, 6) is 0.683. The van der Waals surface area contributed by atoms with Gasteiger partial charge in [-0.25, -0.2) is 4.39 Å². The number of halogens is 1. The average Bonchev–Trinajstić information content (AvgIpc) is 2.74. The first-order valence-corrected chi connectivity index (χ1v) is 7.33. The molecule has 2 aliphatic carbocycles. The van der Waals surface area contributed by atoms with Crippen molar-refractivity contribution in [1.82, 2.24) is 5.32 Å². The number of hydrogen-bond acceptors (Lipinski definition) is 4. The molecule has 0 unspecified atom stereocenters. The molecule has 0 spiro atoms. The summed E-state index contributed by atoms with van der Waals surface area (Å²) in [5.41, 5.74) is 6.05. The van der Waals surface area contributed by atoms with Gasteiger partial charge in [-0.1, -0.05) is 6.42 Å². The minimum absolute atomic E-state index is 0.0444. The van der Waals surface area contributed by atoms with Gasteiger partial charge in [0.1, 0.15) is 6.17 Å². The van der Waals surface area contributed by atoms with Crippen molar-refractivity contribution in [2.24, 2.45) is 23.5 Å². The molecule has 6 atom stereocenters. The Morgan fingerprint density at radius 2 is 2.11 bits per heavy atom. The minimum atomic E-state index is -1.25. The van der Waals surface area contributed by atoms with Crippen LogP contribution in [-0.2, 0) is 0 Å². The van der Waals surface area contributed by atoms with Crippen molar-refractivity contribution in [3.8, 4) is 0 Å². The molecule has 0 aromatic rings. The summed E-state index contributed by atoms with van der Waals surface area (Å²) in [6, 6.07) is -0.0444. The first-order valence-electron chi connectivity index (χ1n) is 7.33. The van der Waals surface area contributed by atoms with Crippen LogP contribution in [0.4, 0.5) is 4.39 Å². The smallest absolute Gasteiger partial charge is 0.427 e. The molecule has 0 aromatic heterocycles. The Balaban J connectivity index is 2.00. The number of fused-ring (bicyclic) bond motifs is 1. The highest BCUT2D eigenvalue weighted by atomic mass is 19.1. The molecule has 0 bridgehead atoms. The monoisotopic (exact) mass is 272 g/mol. The maximum absolute atomic E-state index is 14.3. The zero-order valence-corrected chi connectivity index (χ0v) is 11.8. The van der Waals surface area contributed by atoms with Gasteiger partial charge in [0.2, 0.25) is 0 Å². The van der Waals surface area contributed by atoms with Crippen LogP contribution < -0.4 is 11.1 Å². The van der Waals surface area contributed by atoms with E-state index in [2.05, 4.69) is 5.32 Å². The van der Waals surface area contributed by atoms with Crippen LogP contribution >= 0.6 is 0 Å². The lowest BCUT2D eigenvalue weighted by Gasteiger charge is -2.31. The highest BCUT2D eigenvalue weighted by molar-refractivity contribution is 6.40. The van der Waals surface area contributed by atoms with Crippen molar-refractivity contribution < 1.29 is 14.4 Å². The number of nitrogens with two attached hydrogens (primary N) is 1. The molecule has 0 aromatic carbocycles. The van der Waals surface area contributed by atoms with Gasteiger partial charge < -0.3 is 21.1 Å². The average molecular weight is 272 g/mol. The van der Waals surface area contributed by atoms with Gasteiger partial charge in [-0.15, -0.1) is 0 Å². The topological polar surface area (TPSA) is 78.5 Å². The summed E-state index contributed by atoms with van der Waals surface area (Å²) in [7, 11) is 0.570. The standard InChI is InChI=1S/C13H26BFN2O2/c1-13(16)7-9-8(6-11(17-2)12(9)15)10(13)4-3-5-14(18)19/h8-12,17-19H,3-7,16H2,1-2H3/t8-,9-,10+,11+,12+,13+/m1/s1. The van der Waals surface area contributed by atoms with Crippen molar-refractivity contribution in [3.05, 3.63) is 0 Å². The fraction of sp³-hybridized carbons (Fsp3) is 1.00. The molecule has 0 amide bonds. The lowest BCUT2D eigenvalue weighted by atomic mass is 9.76. The third kappa shape index (κ3) is 2.97. The number of rotatable bonds is 5. The van der Waals surface area contributed by atoms with Crippen molar-refractivity contribution in [2.75, 3.05) is 7.05 Å². The summed E-state index contributed by atoms with van der Waals surface area (Å²) in [6.45, 7) is 2.02. The van der Waals surface area contributed by atoms with Crippen molar-refractivity contribution in [3.63, 3.8) is 0 Å². The van der Waals surface area contributed by atoms with E-state index < -0.39 is 13.3 Å². The highest BCUT2D eigenvalue weighted by Crippen LogP contribution is 2.54. The first-order chi connectivity index (χ1) is 8.86. The Hall–Kier alpha value is -0.165. The molecular weight excluding hydrogens is 246 g/mol. The molecule has 2 aliphatic rings. The second-order valence-electron chi connectivity index (χ2n) is 6.63. The van der Waals surface area contributed by atoms with Crippen molar-refractivity contribution in [2.45, 2.75) is 56.7 Å². The van der Waals surface area contributed by atoms with Crippen LogP contribution in [0.15, 0.2) is 0 Å². The zero-order chi connectivity index (χ0) is 14.2. The Bertz CT molecular complexity index is 317. The second-order valence-corrected chi connectivity index (χ2v) is 6.63. The first kappa shape index (κ1) is 15.2. The van der Waals surface area contributed by atoms with Crippen LogP contribution in [0, 0.1) is 17.8 Å². The zero-order valence-electron chi connectivity index (χ0n) is 11.8. The van der Waals surface area contributed by atoms with Crippen LogP contribution in [0.2, 0.25) is 6.32 Å². The maximum Gasteiger partial charge on any atom is 0.451 e. The van der Waals surface area contributed by atoms with E-state index in [0.717, 1.165) is 25.7 Å².